The van der Waals surface area contributed by atoms with Crippen LogP contribution in [-0.2, 0) is 9.59 Å². The number of likely N-dealkylation sites (N-methyl/N-ethyl adjacent to an activating group) is 1. The molecule has 12 heavy (non-hydrogen) atoms. The molecule has 0 aromatic carbocycles. The predicted molar refractivity (Wildman–Crippen MR) is 46.3 cm³/mol. The summed E-state index contributed by atoms with van der Waals surface area (Å²) >= 11 is 0. The minimum Gasteiger partial charge on any atom is -0.351 e. The lowest BCUT2D eigenvalue weighted by Gasteiger charge is -2.05. The van der Waals surface area contributed by atoms with Crippen LogP contribution in [0.15, 0.2) is 12.3 Å². The van der Waals surface area contributed by atoms with Gasteiger partial charge in [0.15, 0.2) is 0 Å². The maximum atomic E-state index is 11.0. The molecule has 0 heterocycles. The molecule has 2 amide bonds. The minimum absolute atomic E-state index is 0.101. The molecule has 0 unspecified atom stereocenters. The second-order valence-electron chi connectivity index (χ2n) is 2.24. The summed E-state index contributed by atoms with van der Waals surface area (Å²) in [7, 11) is 0. The van der Waals surface area contributed by atoms with Gasteiger partial charge in [0.05, 0.1) is 5.70 Å². The summed E-state index contributed by atoms with van der Waals surface area (Å²) in [6.45, 7) is 7.45. The van der Waals surface area contributed by atoms with E-state index in [1.807, 2.05) is 0 Å². The third-order valence-electron chi connectivity index (χ3n) is 1.22. The van der Waals surface area contributed by atoms with E-state index in [9.17, 15) is 9.59 Å². The fourth-order valence-corrected chi connectivity index (χ4v) is 0.581. The summed E-state index contributed by atoms with van der Waals surface area (Å²) in [4.78, 5) is 21.7. The lowest BCUT2D eigenvalue weighted by Crippen LogP contribution is -2.33. The Kier molecular flexibility index (Phi) is 4.76. The van der Waals surface area contributed by atoms with E-state index in [4.69, 9.17) is 0 Å². The van der Waals surface area contributed by atoms with Crippen LogP contribution >= 0.6 is 0 Å². The van der Waals surface area contributed by atoms with Gasteiger partial charge in [-0.2, -0.15) is 0 Å². The van der Waals surface area contributed by atoms with Crippen molar-refractivity contribution in [3.63, 3.8) is 0 Å². The molecule has 0 saturated carbocycles. The van der Waals surface area contributed by atoms with Crippen molar-refractivity contribution in [2.45, 2.75) is 20.3 Å². The zero-order chi connectivity index (χ0) is 9.56. The van der Waals surface area contributed by atoms with E-state index in [1.165, 1.54) is 0 Å². The Labute approximate surface area is 72.0 Å². The van der Waals surface area contributed by atoms with Gasteiger partial charge in [0.2, 0.25) is 5.91 Å². The summed E-state index contributed by atoms with van der Waals surface area (Å²) in [5.74, 6) is -0.537. The Balaban J connectivity index is 3.87. The van der Waals surface area contributed by atoms with Gasteiger partial charge in [0, 0.05) is 13.0 Å². The topological polar surface area (TPSA) is 58.2 Å². The third kappa shape index (κ3) is 3.75. The first-order chi connectivity index (χ1) is 5.61. The van der Waals surface area contributed by atoms with E-state index < -0.39 is 0 Å². The van der Waals surface area contributed by atoms with Crippen molar-refractivity contribution in [2.24, 2.45) is 0 Å². The van der Waals surface area contributed by atoms with Crippen molar-refractivity contribution >= 4 is 11.8 Å². The van der Waals surface area contributed by atoms with Crippen LogP contribution in [0.2, 0.25) is 0 Å². The molecule has 68 valence electrons. The molecule has 4 heteroatoms. The summed E-state index contributed by atoms with van der Waals surface area (Å²) in [6.07, 6.45) is 0.346. The van der Waals surface area contributed by atoms with Crippen molar-refractivity contribution in [3.05, 3.63) is 12.3 Å². The first-order valence-electron chi connectivity index (χ1n) is 3.88. The number of nitrogens with one attached hydrogen (secondary N) is 2. The molecule has 0 fully saturated rings. The quantitative estimate of drug-likeness (QED) is 0.590. The van der Waals surface area contributed by atoms with E-state index in [0.717, 1.165) is 0 Å². The molecule has 0 aliphatic carbocycles. The van der Waals surface area contributed by atoms with Gasteiger partial charge in [-0.15, -0.1) is 0 Å². The molecule has 0 saturated heterocycles. The van der Waals surface area contributed by atoms with E-state index in [1.54, 1.807) is 13.8 Å². The largest absolute Gasteiger partial charge is 0.351 e. The summed E-state index contributed by atoms with van der Waals surface area (Å²) < 4.78 is 0. The molecule has 4 nitrogen and oxygen atoms in total. The van der Waals surface area contributed by atoms with Crippen LogP contribution in [0.1, 0.15) is 20.3 Å². The van der Waals surface area contributed by atoms with Crippen LogP contribution in [0, 0.1) is 0 Å². The first-order valence-corrected chi connectivity index (χ1v) is 3.88. The molecule has 0 spiro atoms. The minimum atomic E-state index is -0.334. The Morgan fingerprint density at radius 1 is 1.33 bits per heavy atom. The van der Waals surface area contributed by atoms with Crippen LogP contribution < -0.4 is 10.6 Å². The Bertz CT molecular complexity index is 199. The Morgan fingerprint density at radius 2 is 1.92 bits per heavy atom. The van der Waals surface area contributed by atoms with Crippen LogP contribution in [-0.4, -0.2) is 18.4 Å². The molecule has 2 N–H and O–H groups in total. The van der Waals surface area contributed by atoms with Crippen molar-refractivity contribution in [3.8, 4) is 0 Å². The predicted octanol–water partition coefficient (Wildman–Crippen LogP) is 0.162. The van der Waals surface area contributed by atoms with E-state index in [2.05, 4.69) is 17.2 Å². The highest BCUT2D eigenvalue weighted by atomic mass is 16.2. The maximum absolute atomic E-state index is 11.0. The number of hydrogen-bond donors (Lipinski definition) is 2. The van der Waals surface area contributed by atoms with Crippen molar-refractivity contribution in [1.29, 1.82) is 0 Å². The number of carbonyl (C=O) groups excluding carboxylic acids is 2. The lowest BCUT2D eigenvalue weighted by atomic mass is 10.4. The number of rotatable bonds is 4. The fourth-order valence-electron chi connectivity index (χ4n) is 0.581. The number of carbonyl (C=O) groups is 2. The normalized spacial score (nSPS) is 8.83. The van der Waals surface area contributed by atoms with Gasteiger partial charge < -0.3 is 10.6 Å². The zero-order valence-corrected chi connectivity index (χ0v) is 7.44. The summed E-state index contributed by atoms with van der Waals surface area (Å²) in [5.41, 5.74) is 0.101. The fraction of sp³-hybridized carbons (Fsp3) is 0.500. The molecule has 0 rings (SSSR count). The standard InChI is InChI=1S/C8H14N2O2/c1-4-7(11)10-6(3)8(12)9-5-2/h3-5H2,1-2H3,(H,9,12)(H,10,11). The van der Waals surface area contributed by atoms with Gasteiger partial charge in [0.25, 0.3) is 5.91 Å². The second-order valence-corrected chi connectivity index (χ2v) is 2.24. The highest BCUT2D eigenvalue weighted by Crippen LogP contribution is 1.85. The number of hydrogen-bond acceptors (Lipinski definition) is 2. The maximum Gasteiger partial charge on any atom is 0.267 e. The molecule has 0 aromatic rings. The number of amides is 2. The average Bonchev–Trinajstić information content (AvgIpc) is 2.04. The zero-order valence-electron chi connectivity index (χ0n) is 7.44. The lowest BCUT2D eigenvalue weighted by molar-refractivity contribution is -0.123. The van der Waals surface area contributed by atoms with Gasteiger partial charge in [-0.05, 0) is 6.92 Å². The van der Waals surface area contributed by atoms with Crippen molar-refractivity contribution in [2.75, 3.05) is 6.54 Å². The van der Waals surface area contributed by atoms with Crippen molar-refractivity contribution < 1.29 is 9.59 Å². The van der Waals surface area contributed by atoms with Crippen LogP contribution in [0.5, 0.6) is 0 Å². The van der Waals surface area contributed by atoms with Gasteiger partial charge in [-0.25, -0.2) is 0 Å². The summed E-state index contributed by atoms with van der Waals surface area (Å²) in [5, 5.41) is 4.89. The van der Waals surface area contributed by atoms with Crippen LogP contribution in [0.3, 0.4) is 0 Å². The monoisotopic (exact) mass is 170 g/mol. The van der Waals surface area contributed by atoms with E-state index in [-0.39, 0.29) is 17.5 Å². The first kappa shape index (κ1) is 10.7. The molecule has 0 bridgehead atoms. The molecule has 0 atom stereocenters. The van der Waals surface area contributed by atoms with Crippen LogP contribution in [0.4, 0.5) is 0 Å². The van der Waals surface area contributed by atoms with Gasteiger partial charge >= 0.3 is 0 Å². The molecule has 0 aliphatic heterocycles. The van der Waals surface area contributed by atoms with Crippen molar-refractivity contribution in [1.82, 2.24) is 10.6 Å². The average molecular weight is 170 g/mol. The van der Waals surface area contributed by atoms with E-state index in [0.29, 0.717) is 13.0 Å². The second kappa shape index (κ2) is 5.35. The highest BCUT2D eigenvalue weighted by molar-refractivity contribution is 5.96. The molecule has 0 radical (unpaired) electrons. The Morgan fingerprint density at radius 3 is 2.33 bits per heavy atom. The van der Waals surface area contributed by atoms with Crippen LogP contribution in [0.25, 0.3) is 0 Å². The molecule has 0 aliphatic rings. The molecular weight excluding hydrogens is 156 g/mol. The SMILES string of the molecule is C=C(NC(=O)CC)C(=O)NCC. The van der Waals surface area contributed by atoms with E-state index >= 15 is 0 Å². The third-order valence-corrected chi connectivity index (χ3v) is 1.22. The molecular formula is C8H14N2O2. The smallest absolute Gasteiger partial charge is 0.267 e. The van der Waals surface area contributed by atoms with Gasteiger partial charge in [0.1, 0.15) is 0 Å². The van der Waals surface area contributed by atoms with Gasteiger partial charge in [-0.1, -0.05) is 13.5 Å². The highest BCUT2D eigenvalue weighted by Gasteiger charge is 2.06. The molecule has 0 aromatic heterocycles. The van der Waals surface area contributed by atoms with Gasteiger partial charge in [-0.3, -0.25) is 9.59 Å². The Hall–Kier alpha value is -1.32. The summed E-state index contributed by atoms with van der Waals surface area (Å²) in [6, 6.07) is 0.